The topological polar surface area (TPSA) is 96.6 Å². The molecule has 116 valence electrons. The van der Waals surface area contributed by atoms with Gasteiger partial charge in [0.05, 0.1) is 17.2 Å². The van der Waals surface area contributed by atoms with E-state index in [-0.39, 0.29) is 11.6 Å². The quantitative estimate of drug-likeness (QED) is 0.668. The number of hydrogen-bond donors (Lipinski definition) is 2. The van der Waals surface area contributed by atoms with Crippen LogP contribution in [0.15, 0.2) is 53.5 Å². The first-order valence-electron chi connectivity index (χ1n) is 7.08. The molecular formula is C16H14N4O3. The number of nitrogens with zero attached hydrogens (tertiary/aromatic N) is 2. The lowest BCUT2D eigenvalue weighted by molar-refractivity contribution is -0.384. The first-order chi connectivity index (χ1) is 11.1. The third kappa shape index (κ3) is 3.18. The van der Waals surface area contributed by atoms with Crippen molar-refractivity contribution in [2.24, 2.45) is 4.99 Å². The van der Waals surface area contributed by atoms with Gasteiger partial charge in [-0.3, -0.25) is 19.9 Å². The van der Waals surface area contributed by atoms with Crippen LogP contribution in [0.1, 0.15) is 15.9 Å². The molecule has 0 atom stereocenters. The zero-order valence-corrected chi connectivity index (χ0v) is 12.2. The van der Waals surface area contributed by atoms with Gasteiger partial charge in [0.15, 0.2) is 0 Å². The minimum absolute atomic E-state index is 0.0496. The molecule has 2 N–H and O–H groups in total. The van der Waals surface area contributed by atoms with Crippen molar-refractivity contribution in [1.29, 1.82) is 0 Å². The highest BCUT2D eigenvalue weighted by Crippen LogP contribution is 2.19. The summed E-state index contributed by atoms with van der Waals surface area (Å²) in [5, 5.41) is 16.6. The summed E-state index contributed by atoms with van der Waals surface area (Å²) < 4.78 is 0. The van der Waals surface area contributed by atoms with Gasteiger partial charge in [-0.05, 0) is 24.3 Å². The molecule has 1 aliphatic heterocycles. The first-order valence-corrected chi connectivity index (χ1v) is 7.08. The summed E-state index contributed by atoms with van der Waals surface area (Å²) in [4.78, 5) is 26.8. The van der Waals surface area contributed by atoms with Gasteiger partial charge in [0, 0.05) is 29.8 Å². The minimum Gasteiger partial charge on any atom is -0.368 e. The van der Waals surface area contributed by atoms with E-state index in [1.807, 2.05) is 18.2 Å². The normalized spacial score (nSPS) is 13.1. The van der Waals surface area contributed by atoms with Gasteiger partial charge in [-0.1, -0.05) is 12.1 Å². The summed E-state index contributed by atoms with van der Waals surface area (Å²) in [6.07, 6.45) is 0. The molecule has 3 rings (SSSR count). The lowest BCUT2D eigenvalue weighted by Gasteiger charge is -2.11. The number of amidine groups is 1. The molecule has 0 aliphatic carbocycles. The van der Waals surface area contributed by atoms with Crippen LogP contribution >= 0.6 is 0 Å². The van der Waals surface area contributed by atoms with Gasteiger partial charge in [0.2, 0.25) is 0 Å². The van der Waals surface area contributed by atoms with Crippen molar-refractivity contribution in [1.82, 2.24) is 5.32 Å². The van der Waals surface area contributed by atoms with Gasteiger partial charge in [0.25, 0.3) is 11.6 Å². The van der Waals surface area contributed by atoms with Crippen LogP contribution in [0.4, 0.5) is 11.4 Å². The van der Waals surface area contributed by atoms with Crippen LogP contribution in [0.25, 0.3) is 0 Å². The molecular weight excluding hydrogens is 296 g/mol. The number of non-ortho nitro benzene ring substituents is 1. The Morgan fingerprint density at radius 1 is 1.17 bits per heavy atom. The molecule has 7 heteroatoms. The minimum atomic E-state index is -0.499. The fourth-order valence-electron chi connectivity index (χ4n) is 2.31. The Hall–Kier alpha value is -3.22. The number of amides is 1. The van der Waals surface area contributed by atoms with Crippen LogP contribution in [0, 0.1) is 10.1 Å². The number of para-hydroxylation sites is 1. The largest absolute Gasteiger partial charge is 0.368 e. The second-order valence-corrected chi connectivity index (χ2v) is 4.96. The summed E-state index contributed by atoms with van der Waals surface area (Å²) >= 11 is 0. The Morgan fingerprint density at radius 2 is 1.91 bits per heavy atom. The van der Waals surface area contributed by atoms with Crippen LogP contribution in [0.2, 0.25) is 0 Å². The van der Waals surface area contributed by atoms with E-state index in [4.69, 9.17) is 0 Å². The van der Waals surface area contributed by atoms with Crippen molar-refractivity contribution < 1.29 is 9.72 Å². The second-order valence-electron chi connectivity index (χ2n) is 4.96. The van der Waals surface area contributed by atoms with Gasteiger partial charge in [-0.15, -0.1) is 0 Å². The molecule has 0 aromatic heterocycles. The van der Waals surface area contributed by atoms with Gasteiger partial charge in [-0.25, -0.2) is 0 Å². The molecule has 0 spiro atoms. The molecule has 0 saturated heterocycles. The molecule has 23 heavy (non-hydrogen) atoms. The van der Waals surface area contributed by atoms with Crippen molar-refractivity contribution in [3.8, 4) is 0 Å². The number of benzene rings is 2. The maximum absolute atomic E-state index is 12.3. The van der Waals surface area contributed by atoms with Crippen LogP contribution in [-0.2, 0) is 0 Å². The molecule has 0 saturated carbocycles. The van der Waals surface area contributed by atoms with E-state index in [2.05, 4.69) is 15.6 Å². The zero-order chi connectivity index (χ0) is 16.2. The highest BCUT2D eigenvalue weighted by atomic mass is 16.6. The first kappa shape index (κ1) is 14.7. The van der Waals surface area contributed by atoms with Crippen molar-refractivity contribution in [3.05, 3.63) is 69.8 Å². The van der Waals surface area contributed by atoms with E-state index >= 15 is 0 Å². The van der Waals surface area contributed by atoms with Crippen LogP contribution < -0.4 is 10.6 Å². The van der Waals surface area contributed by atoms with E-state index in [0.29, 0.717) is 17.8 Å². The summed E-state index contributed by atoms with van der Waals surface area (Å²) in [7, 11) is 0. The van der Waals surface area contributed by atoms with Crippen molar-refractivity contribution in [3.63, 3.8) is 0 Å². The number of carbonyl (C=O) groups is 1. The van der Waals surface area contributed by atoms with Crippen LogP contribution in [0.5, 0.6) is 0 Å². The lowest BCUT2D eigenvalue weighted by Crippen LogP contribution is -2.22. The molecule has 0 radical (unpaired) electrons. The number of aliphatic imine (C=N–C) groups is 1. The predicted octanol–water partition coefficient (Wildman–Crippen LogP) is 2.20. The molecule has 2 aromatic carbocycles. The molecule has 1 aliphatic rings. The molecule has 0 fully saturated rings. The number of hydrogen-bond acceptors (Lipinski definition) is 5. The number of nitro benzene ring substituents is 1. The number of carbonyl (C=O) groups excluding carboxylic acids is 1. The Labute approximate surface area is 132 Å². The second kappa shape index (κ2) is 6.27. The van der Waals surface area contributed by atoms with E-state index < -0.39 is 4.92 Å². The highest BCUT2D eigenvalue weighted by Gasteiger charge is 2.15. The monoisotopic (exact) mass is 310 g/mol. The van der Waals surface area contributed by atoms with E-state index in [1.165, 1.54) is 24.3 Å². The number of nitrogens with one attached hydrogen (secondary N) is 2. The average molecular weight is 310 g/mol. The number of anilines is 1. The van der Waals surface area contributed by atoms with E-state index in [0.717, 1.165) is 17.9 Å². The summed E-state index contributed by atoms with van der Waals surface area (Å²) in [6, 6.07) is 12.9. The van der Waals surface area contributed by atoms with Gasteiger partial charge in [-0.2, -0.15) is 0 Å². The predicted molar refractivity (Wildman–Crippen MR) is 86.9 cm³/mol. The molecule has 2 aromatic rings. The van der Waals surface area contributed by atoms with Gasteiger partial charge >= 0.3 is 0 Å². The average Bonchev–Trinajstić information content (AvgIpc) is 3.09. The standard InChI is InChI=1S/C16H14N4O3/c21-16(11-5-7-12(8-6-11)20(22)23)19-14-4-2-1-3-13(14)15-17-9-10-18-15/h1-8H,9-10H2,(H,17,18)(H,19,21). The fraction of sp³-hybridized carbons (Fsp3) is 0.125. The SMILES string of the molecule is O=C(Nc1ccccc1C1=NCCN1)c1ccc([N+](=O)[O-])cc1. The van der Waals surface area contributed by atoms with E-state index in [9.17, 15) is 14.9 Å². The zero-order valence-electron chi connectivity index (χ0n) is 12.2. The smallest absolute Gasteiger partial charge is 0.269 e. The Morgan fingerprint density at radius 3 is 2.57 bits per heavy atom. The third-order valence-corrected chi connectivity index (χ3v) is 3.44. The molecule has 0 bridgehead atoms. The summed E-state index contributed by atoms with van der Waals surface area (Å²) in [5.74, 6) is 0.426. The fourth-order valence-corrected chi connectivity index (χ4v) is 2.31. The third-order valence-electron chi connectivity index (χ3n) is 3.44. The van der Waals surface area contributed by atoms with Crippen LogP contribution in [0.3, 0.4) is 0 Å². The summed E-state index contributed by atoms with van der Waals surface area (Å²) in [5.41, 5.74) is 1.77. The van der Waals surface area contributed by atoms with Crippen LogP contribution in [-0.4, -0.2) is 29.8 Å². The van der Waals surface area contributed by atoms with Gasteiger partial charge < -0.3 is 10.6 Å². The maximum Gasteiger partial charge on any atom is 0.269 e. The molecule has 1 amide bonds. The Bertz CT molecular complexity index is 784. The summed E-state index contributed by atoms with van der Waals surface area (Å²) in [6.45, 7) is 1.49. The highest BCUT2D eigenvalue weighted by molar-refractivity contribution is 6.10. The van der Waals surface area contributed by atoms with Crippen molar-refractivity contribution in [2.45, 2.75) is 0 Å². The Balaban J connectivity index is 1.81. The van der Waals surface area contributed by atoms with E-state index in [1.54, 1.807) is 6.07 Å². The van der Waals surface area contributed by atoms with Crippen molar-refractivity contribution in [2.75, 3.05) is 18.4 Å². The molecule has 7 nitrogen and oxygen atoms in total. The van der Waals surface area contributed by atoms with Gasteiger partial charge in [0.1, 0.15) is 5.84 Å². The molecule has 0 unspecified atom stereocenters. The number of rotatable bonds is 4. The van der Waals surface area contributed by atoms with Crippen molar-refractivity contribution >= 4 is 23.1 Å². The lowest BCUT2D eigenvalue weighted by atomic mass is 10.1. The Kier molecular flexibility index (Phi) is 4.01. The number of nitro groups is 1. The maximum atomic E-state index is 12.3. The molecule has 1 heterocycles.